The molecule has 4 nitrogen and oxygen atoms in total. The van der Waals surface area contributed by atoms with Crippen molar-refractivity contribution in [3.63, 3.8) is 0 Å². The van der Waals surface area contributed by atoms with Crippen LogP contribution in [0.5, 0.6) is 0 Å². The van der Waals surface area contributed by atoms with Gasteiger partial charge in [-0.3, -0.25) is 0 Å². The zero-order valence-electron chi connectivity index (χ0n) is 14.3. The molecular weight excluding hydrogens is 414 g/mol. The molecule has 0 bridgehead atoms. The number of carbonyl (C=O) groups excluding carboxylic acids is 1. The molecule has 0 unspecified atom stereocenters. The average molecular weight is 432 g/mol. The minimum Gasteiger partial charge on any atom is -0.465 e. The average Bonchev–Trinajstić information content (AvgIpc) is 3.23. The van der Waals surface area contributed by atoms with Gasteiger partial charge in [-0.2, -0.15) is 0 Å². The molecule has 0 aliphatic carbocycles. The summed E-state index contributed by atoms with van der Waals surface area (Å²) in [6, 6.07) is 15.7. The standard InChI is InChI=1S/C20H18BrNO3S/c1-14-7-8-17(25-14)20(18-16(21)9-10-26-18)12-22(13-20)19(23)24-11-15-5-3-2-4-6-15/h2-10H,11-13H2,1H3. The van der Waals surface area contributed by atoms with E-state index in [0.29, 0.717) is 13.1 Å². The summed E-state index contributed by atoms with van der Waals surface area (Å²) in [5, 5.41) is 2.05. The van der Waals surface area contributed by atoms with Gasteiger partial charge in [0.25, 0.3) is 0 Å². The maximum atomic E-state index is 12.4. The number of hydrogen-bond donors (Lipinski definition) is 0. The highest BCUT2D eigenvalue weighted by atomic mass is 79.9. The van der Waals surface area contributed by atoms with Gasteiger partial charge in [-0.05, 0) is 52.0 Å². The summed E-state index contributed by atoms with van der Waals surface area (Å²) in [5.74, 6) is 1.77. The van der Waals surface area contributed by atoms with Gasteiger partial charge in [-0.1, -0.05) is 30.3 Å². The second-order valence-corrected chi connectivity index (χ2v) is 8.26. The second-order valence-electron chi connectivity index (χ2n) is 6.49. The van der Waals surface area contributed by atoms with Gasteiger partial charge in [0.2, 0.25) is 0 Å². The fourth-order valence-corrected chi connectivity index (χ4v) is 5.23. The molecule has 3 heterocycles. The number of thiophene rings is 1. The monoisotopic (exact) mass is 431 g/mol. The maximum absolute atomic E-state index is 12.4. The van der Waals surface area contributed by atoms with Crippen molar-refractivity contribution >= 4 is 33.4 Å². The van der Waals surface area contributed by atoms with E-state index in [4.69, 9.17) is 9.15 Å². The van der Waals surface area contributed by atoms with Gasteiger partial charge in [-0.15, -0.1) is 11.3 Å². The first-order chi connectivity index (χ1) is 12.6. The van der Waals surface area contributed by atoms with E-state index in [1.54, 1.807) is 16.2 Å². The lowest BCUT2D eigenvalue weighted by Gasteiger charge is -2.47. The summed E-state index contributed by atoms with van der Waals surface area (Å²) >= 11 is 5.31. The minimum atomic E-state index is -0.312. The number of likely N-dealkylation sites (tertiary alicyclic amines) is 1. The SMILES string of the molecule is Cc1ccc(C2(c3sccc3Br)CN(C(=O)OCc3ccccc3)C2)o1. The van der Waals surface area contributed by atoms with Crippen molar-refractivity contribution in [3.05, 3.63) is 80.3 Å². The van der Waals surface area contributed by atoms with Crippen LogP contribution in [0.1, 0.15) is 22.0 Å². The highest BCUT2D eigenvalue weighted by Crippen LogP contribution is 2.47. The molecule has 4 rings (SSSR count). The molecule has 3 aromatic rings. The van der Waals surface area contributed by atoms with E-state index in [9.17, 15) is 4.79 Å². The smallest absolute Gasteiger partial charge is 0.410 e. The Morgan fingerprint density at radius 3 is 2.62 bits per heavy atom. The van der Waals surface area contributed by atoms with Crippen LogP contribution in [-0.2, 0) is 16.8 Å². The number of rotatable bonds is 4. The van der Waals surface area contributed by atoms with E-state index in [1.807, 2.05) is 60.8 Å². The third kappa shape index (κ3) is 3.08. The third-order valence-corrected chi connectivity index (χ3v) is 6.69. The molecule has 1 saturated heterocycles. The number of furan rings is 1. The van der Waals surface area contributed by atoms with Gasteiger partial charge < -0.3 is 14.1 Å². The summed E-state index contributed by atoms with van der Waals surface area (Å²) < 4.78 is 12.4. The van der Waals surface area contributed by atoms with E-state index in [0.717, 1.165) is 21.6 Å². The zero-order valence-corrected chi connectivity index (χ0v) is 16.7. The van der Waals surface area contributed by atoms with Crippen LogP contribution in [0.4, 0.5) is 4.79 Å². The van der Waals surface area contributed by atoms with Crippen molar-refractivity contribution in [1.82, 2.24) is 4.90 Å². The van der Waals surface area contributed by atoms with Crippen molar-refractivity contribution in [1.29, 1.82) is 0 Å². The Kier molecular flexibility index (Phi) is 4.63. The van der Waals surface area contributed by atoms with Crippen LogP contribution in [0.2, 0.25) is 0 Å². The molecule has 0 saturated carbocycles. The van der Waals surface area contributed by atoms with Crippen molar-refractivity contribution in [3.8, 4) is 0 Å². The Hall–Kier alpha value is -2.05. The van der Waals surface area contributed by atoms with Crippen LogP contribution >= 0.6 is 27.3 Å². The predicted molar refractivity (Wildman–Crippen MR) is 104 cm³/mol. The number of halogens is 1. The van der Waals surface area contributed by atoms with Gasteiger partial charge in [0.15, 0.2) is 0 Å². The molecule has 1 fully saturated rings. The lowest BCUT2D eigenvalue weighted by Crippen LogP contribution is -2.61. The molecule has 2 aromatic heterocycles. The largest absolute Gasteiger partial charge is 0.465 e. The van der Waals surface area contributed by atoms with E-state index >= 15 is 0 Å². The quantitative estimate of drug-likeness (QED) is 0.558. The Labute approximate surface area is 164 Å². The van der Waals surface area contributed by atoms with Crippen LogP contribution in [-0.4, -0.2) is 24.1 Å². The Morgan fingerprint density at radius 1 is 1.23 bits per heavy atom. The molecule has 1 aromatic carbocycles. The van der Waals surface area contributed by atoms with Crippen LogP contribution in [0.25, 0.3) is 0 Å². The molecule has 6 heteroatoms. The fourth-order valence-electron chi connectivity index (χ4n) is 3.28. The Morgan fingerprint density at radius 2 is 2.00 bits per heavy atom. The lowest BCUT2D eigenvalue weighted by molar-refractivity contribution is 0.0405. The molecular formula is C20H18BrNO3S. The molecule has 26 heavy (non-hydrogen) atoms. The van der Waals surface area contributed by atoms with E-state index in [1.165, 1.54) is 4.88 Å². The van der Waals surface area contributed by atoms with Gasteiger partial charge in [0.05, 0.1) is 5.41 Å². The van der Waals surface area contributed by atoms with E-state index < -0.39 is 0 Å². The summed E-state index contributed by atoms with van der Waals surface area (Å²) in [6.07, 6.45) is -0.291. The van der Waals surface area contributed by atoms with Crippen LogP contribution in [0.15, 0.2) is 62.8 Å². The molecule has 0 atom stereocenters. The number of nitrogens with zero attached hydrogens (tertiary/aromatic N) is 1. The first-order valence-corrected chi connectivity index (χ1v) is 10.0. The van der Waals surface area contributed by atoms with Crippen LogP contribution in [0, 0.1) is 6.92 Å². The van der Waals surface area contributed by atoms with Crippen molar-refractivity contribution in [2.75, 3.05) is 13.1 Å². The highest BCUT2D eigenvalue weighted by Gasteiger charge is 2.52. The zero-order chi connectivity index (χ0) is 18.1. The number of hydrogen-bond acceptors (Lipinski definition) is 4. The van der Waals surface area contributed by atoms with Gasteiger partial charge in [0.1, 0.15) is 18.1 Å². The number of aryl methyl sites for hydroxylation is 1. The molecule has 1 aliphatic heterocycles. The van der Waals surface area contributed by atoms with Gasteiger partial charge in [-0.25, -0.2) is 4.79 Å². The Bertz CT molecular complexity index is 912. The first kappa shape index (κ1) is 17.4. The molecule has 0 N–H and O–H groups in total. The predicted octanol–water partition coefficient (Wildman–Crippen LogP) is 5.35. The second kappa shape index (κ2) is 6.93. The molecule has 0 radical (unpaired) electrons. The van der Waals surface area contributed by atoms with Crippen molar-refractivity contribution < 1.29 is 13.9 Å². The molecule has 134 valence electrons. The molecule has 0 spiro atoms. The van der Waals surface area contributed by atoms with Crippen LogP contribution in [0.3, 0.4) is 0 Å². The van der Waals surface area contributed by atoms with Crippen LogP contribution < -0.4 is 0 Å². The van der Waals surface area contributed by atoms with Gasteiger partial charge in [0, 0.05) is 22.4 Å². The third-order valence-electron chi connectivity index (χ3n) is 4.65. The molecule has 1 amide bonds. The maximum Gasteiger partial charge on any atom is 0.410 e. The summed E-state index contributed by atoms with van der Waals surface area (Å²) in [7, 11) is 0. The van der Waals surface area contributed by atoms with E-state index in [2.05, 4.69) is 15.9 Å². The molecule has 1 aliphatic rings. The summed E-state index contributed by atoms with van der Waals surface area (Å²) in [5.41, 5.74) is 0.669. The van der Waals surface area contributed by atoms with E-state index in [-0.39, 0.29) is 18.1 Å². The first-order valence-electron chi connectivity index (χ1n) is 8.34. The van der Waals surface area contributed by atoms with Crippen molar-refractivity contribution in [2.24, 2.45) is 0 Å². The minimum absolute atomic E-state index is 0.283. The van der Waals surface area contributed by atoms with Gasteiger partial charge >= 0.3 is 6.09 Å². The topological polar surface area (TPSA) is 42.7 Å². The summed E-state index contributed by atoms with van der Waals surface area (Å²) in [4.78, 5) is 15.4. The lowest BCUT2D eigenvalue weighted by atomic mass is 9.76. The normalized spacial score (nSPS) is 15.5. The number of carbonyl (C=O) groups is 1. The number of benzene rings is 1. The summed E-state index contributed by atoms with van der Waals surface area (Å²) in [6.45, 7) is 3.32. The number of ether oxygens (including phenoxy) is 1. The highest BCUT2D eigenvalue weighted by molar-refractivity contribution is 9.10. The van der Waals surface area contributed by atoms with Crippen molar-refractivity contribution in [2.45, 2.75) is 18.9 Å². The Balaban J connectivity index is 1.49. The fraction of sp³-hybridized carbons (Fsp3) is 0.250. The number of amides is 1.